The summed E-state index contributed by atoms with van der Waals surface area (Å²) in [6, 6.07) is 12.0. The molecule has 0 aliphatic carbocycles. The van der Waals surface area contributed by atoms with Gasteiger partial charge in [-0.2, -0.15) is 5.26 Å². The Morgan fingerprint density at radius 1 is 1.25 bits per heavy atom. The van der Waals surface area contributed by atoms with Crippen molar-refractivity contribution in [3.8, 4) is 6.07 Å². The Morgan fingerprint density at radius 2 is 1.85 bits per heavy atom. The third kappa shape index (κ3) is 4.70. The van der Waals surface area contributed by atoms with Crippen LogP contribution in [-0.4, -0.2) is 23.9 Å². The number of amides is 1. The molecule has 0 aliphatic rings. The number of hydrogen-bond donors (Lipinski definition) is 0. The molecule has 0 saturated carbocycles. The van der Waals surface area contributed by atoms with Gasteiger partial charge in [-0.15, -0.1) is 0 Å². The van der Waals surface area contributed by atoms with Gasteiger partial charge in [-0.05, 0) is 31.2 Å². The smallest absolute Gasteiger partial charge is 0.240 e. The van der Waals surface area contributed by atoms with Gasteiger partial charge in [0.05, 0.1) is 6.07 Å². The van der Waals surface area contributed by atoms with Crippen LogP contribution in [0.5, 0.6) is 0 Å². The normalized spacial score (nSPS) is 13.6. The van der Waals surface area contributed by atoms with Gasteiger partial charge in [-0.3, -0.25) is 4.79 Å². The number of carbonyl (C=O) groups is 1. The Hall–Kier alpha value is -1.82. The molecule has 0 radical (unpaired) electrons. The predicted molar refractivity (Wildman–Crippen MR) is 80.9 cm³/mol. The minimum Gasteiger partial charge on any atom is -0.342 e. The summed E-state index contributed by atoms with van der Waals surface area (Å²) in [7, 11) is 1.80. The van der Waals surface area contributed by atoms with E-state index in [1.807, 2.05) is 37.3 Å². The maximum atomic E-state index is 12.4. The van der Waals surface area contributed by atoms with Gasteiger partial charge < -0.3 is 4.90 Å². The molecule has 2 atom stereocenters. The summed E-state index contributed by atoms with van der Waals surface area (Å²) >= 11 is 0. The van der Waals surface area contributed by atoms with E-state index in [4.69, 9.17) is 0 Å². The molecule has 0 bridgehead atoms. The van der Waals surface area contributed by atoms with Crippen molar-refractivity contribution in [1.29, 1.82) is 5.26 Å². The molecular weight excluding hydrogens is 248 g/mol. The molecule has 2 unspecified atom stereocenters. The van der Waals surface area contributed by atoms with E-state index < -0.39 is 5.92 Å². The molecular formula is C17H24N2O. The Bertz CT molecular complexity index is 462. The molecule has 0 fully saturated rings. The first-order valence-electron chi connectivity index (χ1n) is 7.16. The fraction of sp³-hybridized carbons (Fsp3) is 0.529. The Morgan fingerprint density at radius 3 is 2.35 bits per heavy atom. The zero-order chi connectivity index (χ0) is 15.1. The van der Waals surface area contributed by atoms with Crippen molar-refractivity contribution in [2.45, 2.75) is 39.7 Å². The van der Waals surface area contributed by atoms with Crippen LogP contribution in [0.2, 0.25) is 0 Å². The molecule has 3 heteroatoms. The van der Waals surface area contributed by atoms with E-state index in [1.54, 1.807) is 11.9 Å². The minimum atomic E-state index is -0.600. The lowest BCUT2D eigenvalue weighted by molar-refractivity contribution is -0.134. The molecule has 0 N–H and O–H groups in total. The fourth-order valence-corrected chi connectivity index (χ4v) is 2.34. The number of rotatable bonds is 6. The molecule has 1 aromatic rings. The lowest BCUT2D eigenvalue weighted by Crippen LogP contribution is -2.40. The van der Waals surface area contributed by atoms with Crippen LogP contribution in [0.4, 0.5) is 0 Å². The van der Waals surface area contributed by atoms with Crippen LogP contribution in [0.25, 0.3) is 0 Å². The van der Waals surface area contributed by atoms with Gasteiger partial charge in [0, 0.05) is 13.1 Å². The van der Waals surface area contributed by atoms with E-state index in [0.717, 1.165) is 12.0 Å². The van der Waals surface area contributed by atoms with E-state index in [-0.39, 0.29) is 11.9 Å². The van der Waals surface area contributed by atoms with Crippen LogP contribution in [0.3, 0.4) is 0 Å². The third-order valence-corrected chi connectivity index (χ3v) is 3.56. The molecule has 1 aromatic carbocycles. The molecule has 20 heavy (non-hydrogen) atoms. The fourth-order valence-electron chi connectivity index (χ4n) is 2.34. The van der Waals surface area contributed by atoms with Crippen molar-refractivity contribution < 1.29 is 4.79 Å². The highest BCUT2D eigenvalue weighted by Crippen LogP contribution is 2.15. The quantitative estimate of drug-likeness (QED) is 0.797. The number of hydrogen-bond acceptors (Lipinski definition) is 2. The summed E-state index contributed by atoms with van der Waals surface area (Å²) < 4.78 is 0. The first-order valence-corrected chi connectivity index (χ1v) is 7.16. The third-order valence-electron chi connectivity index (χ3n) is 3.56. The number of nitriles is 1. The highest BCUT2D eigenvalue weighted by Gasteiger charge is 2.25. The largest absolute Gasteiger partial charge is 0.342 e. The van der Waals surface area contributed by atoms with Gasteiger partial charge in [0.2, 0.25) is 5.91 Å². The summed E-state index contributed by atoms with van der Waals surface area (Å²) in [6.07, 6.45) is 1.43. The van der Waals surface area contributed by atoms with Crippen LogP contribution < -0.4 is 0 Å². The van der Waals surface area contributed by atoms with Gasteiger partial charge >= 0.3 is 0 Å². The molecule has 0 saturated heterocycles. The van der Waals surface area contributed by atoms with E-state index >= 15 is 0 Å². The maximum Gasteiger partial charge on any atom is 0.240 e. The zero-order valence-corrected chi connectivity index (χ0v) is 12.8. The average Bonchev–Trinajstić information content (AvgIpc) is 2.43. The number of nitrogens with zero attached hydrogens (tertiary/aromatic N) is 2. The van der Waals surface area contributed by atoms with E-state index in [9.17, 15) is 10.1 Å². The highest BCUT2D eigenvalue weighted by atomic mass is 16.2. The summed E-state index contributed by atoms with van der Waals surface area (Å²) in [6.45, 7) is 6.32. The van der Waals surface area contributed by atoms with Gasteiger partial charge in [0.15, 0.2) is 0 Å². The first-order chi connectivity index (χ1) is 9.45. The molecule has 108 valence electrons. The van der Waals surface area contributed by atoms with Crippen molar-refractivity contribution >= 4 is 5.91 Å². The van der Waals surface area contributed by atoms with Gasteiger partial charge in [-0.25, -0.2) is 0 Å². The second kappa shape index (κ2) is 7.69. The summed E-state index contributed by atoms with van der Waals surface area (Å²) in [5.41, 5.74) is 1.03. The minimum absolute atomic E-state index is 0.0792. The zero-order valence-electron chi connectivity index (χ0n) is 12.8. The van der Waals surface area contributed by atoms with Crippen molar-refractivity contribution in [2.75, 3.05) is 7.05 Å². The molecule has 0 heterocycles. The standard InChI is InChI=1S/C17H24N2O/c1-13(2)10-14(3)19(4)17(20)16(12-18)11-15-8-6-5-7-9-15/h5-9,13-14,16H,10-11H2,1-4H3. The molecule has 1 amide bonds. The Labute approximate surface area is 122 Å². The van der Waals surface area contributed by atoms with Crippen LogP contribution in [0, 0.1) is 23.2 Å². The van der Waals surface area contributed by atoms with Crippen molar-refractivity contribution in [3.05, 3.63) is 35.9 Å². The lowest BCUT2D eigenvalue weighted by atomic mass is 9.97. The van der Waals surface area contributed by atoms with Crippen molar-refractivity contribution in [2.24, 2.45) is 11.8 Å². The van der Waals surface area contributed by atoms with Crippen LogP contribution >= 0.6 is 0 Å². The summed E-state index contributed by atoms with van der Waals surface area (Å²) in [4.78, 5) is 14.1. The molecule has 0 spiro atoms. The second-order valence-electron chi connectivity index (χ2n) is 5.80. The molecule has 3 nitrogen and oxygen atoms in total. The Balaban J connectivity index is 2.70. The first kappa shape index (κ1) is 16.2. The van der Waals surface area contributed by atoms with E-state index in [0.29, 0.717) is 12.3 Å². The Kier molecular flexibility index (Phi) is 6.24. The molecule has 1 rings (SSSR count). The average molecular weight is 272 g/mol. The number of carbonyl (C=O) groups excluding carboxylic acids is 1. The van der Waals surface area contributed by atoms with Crippen molar-refractivity contribution in [1.82, 2.24) is 4.90 Å². The maximum absolute atomic E-state index is 12.4. The predicted octanol–water partition coefficient (Wildman–Crippen LogP) is 3.26. The van der Waals surface area contributed by atoms with Crippen LogP contribution in [0.1, 0.15) is 32.8 Å². The van der Waals surface area contributed by atoms with Gasteiger partial charge in [0.1, 0.15) is 5.92 Å². The van der Waals surface area contributed by atoms with Crippen molar-refractivity contribution in [3.63, 3.8) is 0 Å². The van der Waals surface area contributed by atoms with Gasteiger partial charge in [0.25, 0.3) is 0 Å². The van der Waals surface area contributed by atoms with Crippen LogP contribution in [-0.2, 0) is 11.2 Å². The second-order valence-corrected chi connectivity index (χ2v) is 5.80. The summed E-state index contributed by atoms with van der Waals surface area (Å²) in [5.74, 6) is -0.142. The molecule has 0 aromatic heterocycles. The number of benzene rings is 1. The van der Waals surface area contributed by atoms with Crippen LogP contribution in [0.15, 0.2) is 30.3 Å². The molecule has 0 aliphatic heterocycles. The summed E-state index contributed by atoms with van der Waals surface area (Å²) in [5, 5.41) is 9.27. The van der Waals surface area contributed by atoms with Gasteiger partial charge in [-0.1, -0.05) is 44.2 Å². The van der Waals surface area contributed by atoms with E-state index in [1.165, 1.54) is 0 Å². The highest BCUT2D eigenvalue weighted by molar-refractivity contribution is 5.81. The van der Waals surface area contributed by atoms with E-state index in [2.05, 4.69) is 19.9 Å². The lowest BCUT2D eigenvalue weighted by Gasteiger charge is -2.28. The topological polar surface area (TPSA) is 44.1 Å². The SMILES string of the molecule is CC(C)CC(C)N(C)C(=O)C(C#N)Cc1ccccc1. The monoisotopic (exact) mass is 272 g/mol.